The number of carbonyl (C=O) groups excluding carboxylic acids is 2. The van der Waals surface area contributed by atoms with Gasteiger partial charge in [0.1, 0.15) is 0 Å². The minimum absolute atomic E-state index is 0.110. The molecule has 2 aromatic carbocycles. The molecule has 26 heavy (non-hydrogen) atoms. The third kappa shape index (κ3) is 6.16. The number of carbonyl (C=O) groups is 2. The predicted molar refractivity (Wildman–Crippen MR) is 99.9 cm³/mol. The van der Waals surface area contributed by atoms with Crippen LogP contribution in [0.5, 0.6) is 0 Å². The molecule has 0 saturated carbocycles. The Hall–Kier alpha value is -2.38. The monoisotopic (exact) mass is 395 g/mol. The molecule has 1 N–H and O–H groups in total. The van der Waals surface area contributed by atoms with Gasteiger partial charge in [0.2, 0.25) is 0 Å². The highest BCUT2D eigenvalue weighted by atomic mass is 35.5. The third-order valence-electron chi connectivity index (χ3n) is 3.36. The van der Waals surface area contributed by atoms with Gasteiger partial charge in [-0.3, -0.25) is 4.79 Å². The Morgan fingerprint density at radius 3 is 2.38 bits per heavy atom. The van der Waals surface area contributed by atoms with E-state index in [1.807, 2.05) is 0 Å². The summed E-state index contributed by atoms with van der Waals surface area (Å²) in [5.74, 6) is -1.28. The number of hydrogen-bond donors (Lipinski definition) is 1. The van der Waals surface area contributed by atoms with Crippen molar-refractivity contribution in [3.8, 4) is 0 Å². The van der Waals surface area contributed by atoms with Crippen molar-refractivity contribution in [3.63, 3.8) is 0 Å². The molecule has 0 fully saturated rings. The van der Waals surface area contributed by atoms with E-state index in [4.69, 9.17) is 16.3 Å². The average Bonchev–Trinajstić information content (AvgIpc) is 2.53. The van der Waals surface area contributed by atoms with Crippen molar-refractivity contribution in [2.45, 2.75) is 18.8 Å². The Morgan fingerprint density at radius 1 is 1.15 bits per heavy atom. The first-order valence-electron chi connectivity index (χ1n) is 7.68. The van der Waals surface area contributed by atoms with E-state index in [1.165, 1.54) is 31.2 Å². The van der Waals surface area contributed by atoms with Gasteiger partial charge in [-0.15, -0.1) is 0 Å². The number of anilines is 1. The zero-order valence-electron chi connectivity index (χ0n) is 14.2. The summed E-state index contributed by atoms with van der Waals surface area (Å²) in [4.78, 5) is 24.2. The van der Waals surface area contributed by atoms with Gasteiger partial charge in [0, 0.05) is 17.0 Å². The molecule has 0 spiro atoms. The van der Waals surface area contributed by atoms with E-state index in [2.05, 4.69) is 5.32 Å². The van der Waals surface area contributed by atoms with E-state index in [0.717, 1.165) is 6.26 Å². The molecule has 2 aromatic rings. The van der Waals surface area contributed by atoms with Crippen LogP contribution in [-0.4, -0.2) is 32.7 Å². The van der Waals surface area contributed by atoms with Gasteiger partial charge < -0.3 is 10.1 Å². The fourth-order valence-electron chi connectivity index (χ4n) is 2.13. The molecule has 0 aliphatic heterocycles. The summed E-state index contributed by atoms with van der Waals surface area (Å²) < 4.78 is 27.7. The molecule has 0 unspecified atom stereocenters. The van der Waals surface area contributed by atoms with E-state index >= 15 is 0 Å². The lowest BCUT2D eigenvalue weighted by atomic mass is 10.1. The summed E-state index contributed by atoms with van der Waals surface area (Å²) in [5.41, 5.74) is 1.29. The lowest BCUT2D eigenvalue weighted by Gasteiger charge is -2.14. The van der Waals surface area contributed by atoms with E-state index in [9.17, 15) is 18.0 Å². The first kappa shape index (κ1) is 19.9. The second kappa shape index (κ2) is 8.33. The minimum atomic E-state index is -3.15. The first-order valence-corrected chi connectivity index (χ1v) is 10.1. The molecule has 8 heteroatoms. The molecule has 0 heterocycles. The summed E-state index contributed by atoms with van der Waals surface area (Å²) in [7, 11) is -3.15. The van der Waals surface area contributed by atoms with E-state index in [0.29, 0.717) is 16.3 Å². The normalized spacial score (nSPS) is 12.3. The topological polar surface area (TPSA) is 89.5 Å². The summed E-state index contributed by atoms with van der Waals surface area (Å²) >= 11 is 5.85. The number of halogens is 1. The van der Waals surface area contributed by atoms with Crippen LogP contribution in [0.1, 0.15) is 22.8 Å². The van der Waals surface area contributed by atoms with Crippen molar-refractivity contribution in [2.24, 2.45) is 0 Å². The van der Waals surface area contributed by atoms with Crippen molar-refractivity contribution in [3.05, 3.63) is 64.7 Å². The van der Waals surface area contributed by atoms with E-state index < -0.39 is 27.8 Å². The zero-order chi connectivity index (χ0) is 19.3. The zero-order valence-corrected chi connectivity index (χ0v) is 15.8. The van der Waals surface area contributed by atoms with E-state index in [-0.39, 0.29) is 11.3 Å². The summed E-state index contributed by atoms with van der Waals surface area (Å²) in [6, 6.07) is 12.6. The molecule has 0 aromatic heterocycles. The summed E-state index contributed by atoms with van der Waals surface area (Å²) in [6.45, 7) is 1.45. The summed E-state index contributed by atoms with van der Waals surface area (Å²) in [6.07, 6.45) is 0.118. The molecule has 2 rings (SSSR count). The summed E-state index contributed by atoms with van der Waals surface area (Å²) in [5, 5.41) is 3.08. The maximum absolute atomic E-state index is 12.1. The van der Waals surface area contributed by atoms with Gasteiger partial charge in [0.15, 0.2) is 15.9 Å². The quantitative estimate of drug-likeness (QED) is 0.759. The molecule has 0 radical (unpaired) electrons. The molecule has 1 amide bonds. The van der Waals surface area contributed by atoms with Crippen LogP contribution >= 0.6 is 11.6 Å². The third-order valence-corrected chi connectivity index (χ3v) is 4.46. The van der Waals surface area contributed by atoms with Gasteiger partial charge in [-0.2, -0.15) is 0 Å². The molecule has 138 valence electrons. The first-order chi connectivity index (χ1) is 12.1. The van der Waals surface area contributed by atoms with Crippen LogP contribution in [0.4, 0.5) is 5.69 Å². The Balaban J connectivity index is 1.96. The maximum Gasteiger partial charge on any atom is 0.338 e. The number of nitrogens with one attached hydrogen (secondary N) is 1. The molecule has 0 saturated heterocycles. The Morgan fingerprint density at radius 2 is 1.81 bits per heavy atom. The van der Waals surface area contributed by atoms with Gasteiger partial charge in [-0.25, -0.2) is 13.2 Å². The number of rotatable bonds is 6. The number of benzene rings is 2. The van der Waals surface area contributed by atoms with Crippen LogP contribution in [-0.2, 0) is 25.1 Å². The van der Waals surface area contributed by atoms with Crippen LogP contribution in [0.25, 0.3) is 0 Å². The van der Waals surface area contributed by atoms with Gasteiger partial charge >= 0.3 is 5.97 Å². The van der Waals surface area contributed by atoms with Crippen molar-refractivity contribution in [1.82, 2.24) is 0 Å². The molecule has 1 atom stereocenters. The highest BCUT2D eigenvalue weighted by molar-refractivity contribution is 7.89. The van der Waals surface area contributed by atoms with Crippen molar-refractivity contribution in [1.29, 1.82) is 0 Å². The number of hydrogen-bond acceptors (Lipinski definition) is 5. The molecular formula is C18H18ClNO5S. The Labute approximate surface area is 157 Å². The molecule has 0 bridgehead atoms. The lowest BCUT2D eigenvalue weighted by Crippen LogP contribution is -2.30. The fourth-order valence-corrected chi connectivity index (χ4v) is 3.12. The van der Waals surface area contributed by atoms with Crippen LogP contribution in [0.3, 0.4) is 0 Å². The van der Waals surface area contributed by atoms with Crippen LogP contribution in [0.15, 0.2) is 48.5 Å². The van der Waals surface area contributed by atoms with Crippen molar-refractivity contribution < 1.29 is 22.7 Å². The highest BCUT2D eigenvalue weighted by Gasteiger charge is 2.19. The number of ether oxygens (including phenoxy) is 1. The molecule has 0 aliphatic rings. The van der Waals surface area contributed by atoms with E-state index in [1.54, 1.807) is 24.3 Å². The maximum atomic E-state index is 12.1. The second-order valence-electron chi connectivity index (χ2n) is 5.81. The SMILES string of the molecule is C[C@H](OC(=O)c1ccc(CS(C)(=O)=O)cc1)C(=O)Nc1cccc(Cl)c1. The number of sulfone groups is 1. The Kier molecular flexibility index (Phi) is 6.39. The highest BCUT2D eigenvalue weighted by Crippen LogP contribution is 2.16. The second-order valence-corrected chi connectivity index (χ2v) is 8.39. The van der Waals surface area contributed by atoms with Crippen LogP contribution in [0, 0.1) is 0 Å². The van der Waals surface area contributed by atoms with Gasteiger partial charge in [0.05, 0.1) is 11.3 Å². The molecule has 0 aliphatic carbocycles. The van der Waals surface area contributed by atoms with Crippen molar-refractivity contribution >= 4 is 39.0 Å². The lowest BCUT2D eigenvalue weighted by molar-refractivity contribution is -0.123. The smallest absolute Gasteiger partial charge is 0.338 e. The average molecular weight is 396 g/mol. The fraction of sp³-hybridized carbons (Fsp3) is 0.222. The largest absolute Gasteiger partial charge is 0.449 e. The predicted octanol–water partition coefficient (Wildman–Crippen LogP) is 3.07. The standard InChI is InChI=1S/C18H18ClNO5S/c1-12(17(21)20-16-5-3-4-15(19)10-16)25-18(22)14-8-6-13(7-9-14)11-26(2,23)24/h3-10,12H,11H2,1-2H3,(H,20,21)/t12-/m0/s1. The van der Waals surface area contributed by atoms with Gasteiger partial charge in [-0.1, -0.05) is 29.8 Å². The number of esters is 1. The molecule has 6 nitrogen and oxygen atoms in total. The Bertz CT molecular complexity index is 909. The number of amides is 1. The van der Waals surface area contributed by atoms with Crippen LogP contribution < -0.4 is 5.32 Å². The van der Waals surface area contributed by atoms with Gasteiger partial charge in [0.25, 0.3) is 5.91 Å². The van der Waals surface area contributed by atoms with Crippen molar-refractivity contribution in [2.75, 3.05) is 11.6 Å². The van der Waals surface area contributed by atoms with Gasteiger partial charge in [-0.05, 0) is 42.8 Å². The minimum Gasteiger partial charge on any atom is -0.449 e. The van der Waals surface area contributed by atoms with Crippen LogP contribution in [0.2, 0.25) is 5.02 Å². The molecular weight excluding hydrogens is 378 g/mol.